The highest BCUT2D eigenvalue weighted by atomic mass is 16.6. The molecule has 2 N–H and O–H groups in total. The Hall–Kier alpha value is -3.75. The molecule has 0 bridgehead atoms. The van der Waals surface area contributed by atoms with Crippen LogP contribution in [0.2, 0.25) is 0 Å². The minimum absolute atomic E-state index is 0.0454. The Morgan fingerprint density at radius 2 is 1.90 bits per heavy atom. The van der Waals surface area contributed by atoms with Crippen LogP contribution in [0.3, 0.4) is 0 Å². The average Bonchev–Trinajstić information content (AvgIpc) is 3.22. The van der Waals surface area contributed by atoms with Gasteiger partial charge in [-0.15, -0.1) is 0 Å². The number of carbonyl (C=O) groups is 3. The van der Waals surface area contributed by atoms with E-state index in [1.54, 1.807) is 39.0 Å². The van der Waals surface area contributed by atoms with Crippen molar-refractivity contribution in [2.75, 3.05) is 7.11 Å². The number of furan rings is 1. The Labute approximate surface area is 173 Å². The van der Waals surface area contributed by atoms with E-state index >= 15 is 0 Å². The highest BCUT2D eigenvalue weighted by Gasteiger charge is 2.33. The first-order valence-corrected chi connectivity index (χ1v) is 9.23. The molecule has 1 aliphatic rings. The molecule has 0 aliphatic carbocycles. The largest absolute Gasteiger partial charge is 0.493 e. The molecule has 0 spiro atoms. The zero-order valence-corrected chi connectivity index (χ0v) is 17.0. The molecule has 0 saturated carbocycles. The second-order valence-electron chi connectivity index (χ2n) is 6.80. The molecule has 9 heteroatoms. The number of carbonyl (C=O) groups excluding carboxylic acids is 3. The summed E-state index contributed by atoms with van der Waals surface area (Å²) in [6, 6.07) is 6.55. The van der Waals surface area contributed by atoms with Crippen LogP contribution < -0.4 is 20.1 Å². The SMILES string of the molecule is COc1cc([C@H]2NC(=O)NC(C)=C2C(=O)OC(C)C)ccc1OC(=O)c1ccco1. The number of allylic oxidation sites excluding steroid dienone is 1. The number of hydrogen-bond donors (Lipinski definition) is 2. The molecule has 2 aromatic rings. The lowest BCUT2D eigenvalue weighted by molar-refractivity contribution is -0.143. The van der Waals surface area contributed by atoms with Crippen LogP contribution in [-0.2, 0) is 9.53 Å². The second kappa shape index (κ2) is 8.73. The van der Waals surface area contributed by atoms with Crippen molar-refractivity contribution in [1.82, 2.24) is 10.6 Å². The van der Waals surface area contributed by atoms with Gasteiger partial charge in [0.1, 0.15) is 0 Å². The number of amides is 2. The molecule has 1 aliphatic heterocycles. The van der Waals surface area contributed by atoms with Crippen LogP contribution in [0.15, 0.2) is 52.3 Å². The summed E-state index contributed by atoms with van der Waals surface area (Å²) in [5, 5.41) is 5.30. The monoisotopic (exact) mass is 414 g/mol. The van der Waals surface area contributed by atoms with E-state index in [4.69, 9.17) is 18.6 Å². The van der Waals surface area contributed by atoms with E-state index in [2.05, 4.69) is 10.6 Å². The van der Waals surface area contributed by atoms with Gasteiger partial charge in [0.05, 0.1) is 31.1 Å². The predicted molar refractivity (Wildman–Crippen MR) is 105 cm³/mol. The third-order valence-corrected chi connectivity index (χ3v) is 4.28. The summed E-state index contributed by atoms with van der Waals surface area (Å²) < 4.78 is 21.0. The summed E-state index contributed by atoms with van der Waals surface area (Å²) in [6.07, 6.45) is 1.04. The molecule has 0 fully saturated rings. The molecule has 158 valence electrons. The van der Waals surface area contributed by atoms with Crippen molar-refractivity contribution < 1.29 is 33.0 Å². The number of urea groups is 1. The maximum Gasteiger partial charge on any atom is 0.379 e. The Morgan fingerprint density at radius 1 is 1.13 bits per heavy atom. The van der Waals surface area contributed by atoms with Crippen molar-refractivity contribution in [2.24, 2.45) is 0 Å². The normalized spacial score (nSPS) is 16.0. The molecular weight excluding hydrogens is 392 g/mol. The third-order valence-electron chi connectivity index (χ3n) is 4.28. The van der Waals surface area contributed by atoms with Gasteiger partial charge in [-0.2, -0.15) is 0 Å². The first-order chi connectivity index (χ1) is 14.3. The number of esters is 2. The lowest BCUT2D eigenvalue weighted by Crippen LogP contribution is -2.45. The highest BCUT2D eigenvalue weighted by molar-refractivity contribution is 5.95. The van der Waals surface area contributed by atoms with E-state index in [0.717, 1.165) is 0 Å². The van der Waals surface area contributed by atoms with E-state index < -0.39 is 24.0 Å². The van der Waals surface area contributed by atoms with Gasteiger partial charge in [0.15, 0.2) is 11.5 Å². The second-order valence-corrected chi connectivity index (χ2v) is 6.80. The fourth-order valence-electron chi connectivity index (χ4n) is 2.98. The minimum atomic E-state index is -0.770. The maximum absolute atomic E-state index is 12.6. The molecule has 2 heterocycles. The van der Waals surface area contributed by atoms with Gasteiger partial charge in [0.25, 0.3) is 0 Å². The molecule has 2 amide bonds. The lowest BCUT2D eigenvalue weighted by atomic mass is 9.95. The fourth-order valence-corrected chi connectivity index (χ4v) is 2.98. The quantitative estimate of drug-likeness (QED) is 0.551. The summed E-state index contributed by atoms with van der Waals surface area (Å²) in [5.74, 6) is -0.779. The number of hydrogen-bond acceptors (Lipinski definition) is 7. The molecule has 30 heavy (non-hydrogen) atoms. The van der Waals surface area contributed by atoms with E-state index in [9.17, 15) is 14.4 Å². The number of nitrogens with one attached hydrogen (secondary N) is 2. The molecule has 1 aromatic carbocycles. The maximum atomic E-state index is 12.6. The standard InChI is InChI=1S/C21H22N2O7/c1-11(2)29-20(25)17-12(3)22-21(26)23-18(17)13-7-8-14(16(10-13)27-4)30-19(24)15-6-5-9-28-15/h5-11,18H,1-4H3,(H2,22,23,26)/t18-/m1/s1. The van der Waals surface area contributed by atoms with Crippen molar-refractivity contribution >= 4 is 18.0 Å². The van der Waals surface area contributed by atoms with Gasteiger partial charge in [-0.25, -0.2) is 14.4 Å². The number of ether oxygens (including phenoxy) is 3. The topological polar surface area (TPSA) is 116 Å². The van der Waals surface area contributed by atoms with Crippen molar-refractivity contribution in [1.29, 1.82) is 0 Å². The summed E-state index contributed by atoms with van der Waals surface area (Å²) in [5.41, 5.74) is 1.21. The molecule has 0 unspecified atom stereocenters. The smallest absolute Gasteiger partial charge is 0.379 e. The molecule has 0 saturated heterocycles. The van der Waals surface area contributed by atoms with Crippen LogP contribution in [0.4, 0.5) is 4.79 Å². The van der Waals surface area contributed by atoms with E-state index in [0.29, 0.717) is 11.3 Å². The van der Waals surface area contributed by atoms with Gasteiger partial charge in [-0.05, 0) is 50.6 Å². The van der Waals surface area contributed by atoms with E-state index in [-0.39, 0.29) is 28.9 Å². The number of rotatable bonds is 6. The summed E-state index contributed by atoms with van der Waals surface area (Å²) in [6.45, 7) is 5.10. The molecule has 3 rings (SSSR count). The molecule has 9 nitrogen and oxygen atoms in total. The third kappa shape index (κ3) is 4.45. The molecular formula is C21H22N2O7. The first kappa shape index (κ1) is 21.0. The predicted octanol–water partition coefficient (Wildman–Crippen LogP) is 3.09. The first-order valence-electron chi connectivity index (χ1n) is 9.23. The Kier molecular flexibility index (Phi) is 6.10. The van der Waals surface area contributed by atoms with Crippen LogP contribution in [0, 0.1) is 0 Å². The van der Waals surface area contributed by atoms with Crippen LogP contribution in [0.25, 0.3) is 0 Å². The zero-order valence-electron chi connectivity index (χ0n) is 17.0. The zero-order chi connectivity index (χ0) is 21.8. The lowest BCUT2D eigenvalue weighted by Gasteiger charge is -2.29. The van der Waals surface area contributed by atoms with Gasteiger partial charge >= 0.3 is 18.0 Å². The van der Waals surface area contributed by atoms with Crippen molar-refractivity contribution in [2.45, 2.75) is 32.9 Å². The Bertz CT molecular complexity index is 993. The van der Waals surface area contributed by atoms with Crippen LogP contribution >= 0.6 is 0 Å². The Balaban J connectivity index is 1.93. The minimum Gasteiger partial charge on any atom is -0.493 e. The fraction of sp³-hybridized carbons (Fsp3) is 0.286. The summed E-state index contributed by atoms with van der Waals surface area (Å²) >= 11 is 0. The van der Waals surface area contributed by atoms with E-state index in [1.807, 2.05) is 0 Å². The van der Waals surface area contributed by atoms with Crippen molar-refractivity contribution in [3.8, 4) is 11.5 Å². The average molecular weight is 414 g/mol. The molecule has 0 radical (unpaired) electrons. The van der Waals surface area contributed by atoms with Gasteiger partial charge in [-0.1, -0.05) is 6.07 Å². The summed E-state index contributed by atoms with van der Waals surface area (Å²) in [4.78, 5) is 36.8. The molecule has 1 atom stereocenters. The number of methoxy groups -OCH3 is 1. The summed E-state index contributed by atoms with van der Waals surface area (Å²) in [7, 11) is 1.42. The van der Waals surface area contributed by atoms with Crippen molar-refractivity contribution in [3.05, 3.63) is 59.2 Å². The molecule has 1 aromatic heterocycles. The van der Waals surface area contributed by atoms with E-state index in [1.165, 1.54) is 25.5 Å². The van der Waals surface area contributed by atoms with Gasteiger partial charge in [0.2, 0.25) is 5.76 Å². The van der Waals surface area contributed by atoms with Gasteiger partial charge < -0.3 is 29.3 Å². The highest BCUT2D eigenvalue weighted by Crippen LogP contribution is 2.35. The van der Waals surface area contributed by atoms with Gasteiger partial charge in [0, 0.05) is 5.70 Å². The number of benzene rings is 1. The van der Waals surface area contributed by atoms with Crippen LogP contribution in [-0.4, -0.2) is 31.2 Å². The van der Waals surface area contributed by atoms with Crippen LogP contribution in [0.5, 0.6) is 11.5 Å². The van der Waals surface area contributed by atoms with Crippen molar-refractivity contribution in [3.63, 3.8) is 0 Å². The van der Waals surface area contributed by atoms with Gasteiger partial charge in [-0.3, -0.25) is 0 Å². The Morgan fingerprint density at radius 3 is 2.53 bits per heavy atom. The van der Waals surface area contributed by atoms with Crippen LogP contribution in [0.1, 0.15) is 42.9 Å².